The van der Waals surface area contributed by atoms with Crippen molar-refractivity contribution in [2.45, 2.75) is 44.8 Å². The first-order valence-electron chi connectivity index (χ1n) is 11.1. The molecule has 0 aliphatic carbocycles. The van der Waals surface area contributed by atoms with Crippen LogP contribution in [0.5, 0.6) is 0 Å². The summed E-state index contributed by atoms with van der Waals surface area (Å²) in [6.45, 7) is 5.28. The Balaban J connectivity index is 1.23. The van der Waals surface area contributed by atoms with Crippen LogP contribution in [-0.2, 0) is 17.9 Å². The summed E-state index contributed by atoms with van der Waals surface area (Å²) in [5.74, 6) is 0.0461. The minimum absolute atomic E-state index is 0.0628. The average molecular weight is 411 g/mol. The molecule has 1 atom stereocenters. The quantitative estimate of drug-likeness (QED) is 0.795. The van der Waals surface area contributed by atoms with Crippen LogP contribution >= 0.6 is 0 Å². The number of nitrogens with one attached hydrogen (secondary N) is 1. The molecular formula is C24H31FN4O. The molecule has 1 amide bonds. The highest BCUT2D eigenvalue weighted by Crippen LogP contribution is 2.25. The predicted octanol–water partition coefficient (Wildman–Crippen LogP) is 3.21. The van der Waals surface area contributed by atoms with Crippen molar-refractivity contribution in [3.05, 3.63) is 65.7 Å². The third-order valence-electron chi connectivity index (χ3n) is 6.36. The number of benzene rings is 1. The monoisotopic (exact) mass is 410 g/mol. The van der Waals surface area contributed by atoms with Gasteiger partial charge in [-0.2, -0.15) is 0 Å². The number of carbonyl (C=O) groups is 1. The maximum atomic E-state index is 13.4. The minimum Gasteiger partial charge on any atom is -0.350 e. The maximum Gasteiger partial charge on any atom is 0.224 e. The van der Waals surface area contributed by atoms with Gasteiger partial charge in [0, 0.05) is 25.3 Å². The normalized spacial score (nSPS) is 21.4. The van der Waals surface area contributed by atoms with Gasteiger partial charge in [0.15, 0.2) is 0 Å². The Hall–Kier alpha value is -2.31. The summed E-state index contributed by atoms with van der Waals surface area (Å²) in [4.78, 5) is 21.9. The number of halogens is 1. The lowest BCUT2D eigenvalue weighted by molar-refractivity contribution is -0.127. The lowest BCUT2D eigenvalue weighted by Gasteiger charge is -2.42. The van der Waals surface area contributed by atoms with Crippen molar-refractivity contribution in [1.29, 1.82) is 0 Å². The molecule has 2 aliphatic rings. The van der Waals surface area contributed by atoms with Crippen molar-refractivity contribution < 1.29 is 9.18 Å². The zero-order valence-electron chi connectivity index (χ0n) is 17.5. The van der Waals surface area contributed by atoms with Crippen molar-refractivity contribution in [2.75, 3.05) is 26.2 Å². The van der Waals surface area contributed by atoms with Crippen molar-refractivity contribution in [3.63, 3.8) is 0 Å². The van der Waals surface area contributed by atoms with Crippen molar-refractivity contribution in [3.8, 4) is 0 Å². The number of carbonyl (C=O) groups excluding carboxylic acids is 1. The number of piperidine rings is 2. The third-order valence-corrected chi connectivity index (χ3v) is 6.36. The Labute approximate surface area is 178 Å². The number of aromatic nitrogens is 1. The van der Waals surface area contributed by atoms with Gasteiger partial charge in [-0.1, -0.05) is 18.2 Å². The summed E-state index contributed by atoms with van der Waals surface area (Å²) >= 11 is 0. The summed E-state index contributed by atoms with van der Waals surface area (Å²) in [6.07, 6.45) is 6.01. The molecule has 2 fully saturated rings. The van der Waals surface area contributed by atoms with Gasteiger partial charge in [-0.15, -0.1) is 0 Å². The van der Waals surface area contributed by atoms with Crippen LogP contribution in [0.2, 0.25) is 0 Å². The van der Waals surface area contributed by atoms with E-state index in [1.54, 1.807) is 18.3 Å². The highest BCUT2D eigenvalue weighted by molar-refractivity contribution is 5.78. The van der Waals surface area contributed by atoms with E-state index in [1.807, 2.05) is 24.3 Å². The molecule has 2 aromatic rings. The van der Waals surface area contributed by atoms with E-state index in [2.05, 4.69) is 20.1 Å². The van der Waals surface area contributed by atoms with E-state index in [4.69, 9.17) is 0 Å². The van der Waals surface area contributed by atoms with Crippen LogP contribution in [0.3, 0.4) is 0 Å². The molecule has 0 saturated carbocycles. The number of hydrogen-bond acceptors (Lipinski definition) is 4. The summed E-state index contributed by atoms with van der Waals surface area (Å²) in [7, 11) is 0. The fourth-order valence-electron chi connectivity index (χ4n) is 4.71. The SMILES string of the molecule is O=C(NCc1ccccn1)[C@H]1CCCN(C2CCN(Cc3cccc(F)c3)CC2)C1. The lowest BCUT2D eigenvalue weighted by Crippen LogP contribution is -2.50. The molecule has 1 aromatic heterocycles. The summed E-state index contributed by atoms with van der Waals surface area (Å²) in [5, 5.41) is 3.06. The lowest BCUT2D eigenvalue weighted by atomic mass is 9.93. The van der Waals surface area contributed by atoms with Gasteiger partial charge < -0.3 is 5.32 Å². The third kappa shape index (κ3) is 5.64. The molecule has 1 aromatic carbocycles. The Morgan fingerprint density at radius 1 is 1.10 bits per heavy atom. The van der Waals surface area contributed by atoms with E-state index in [0.717, 1.165) is 69.7 Å². The molecule has 2 saturated heterocycles. The maximum absolute atomic E-state index is 13.4. The summed E-state index contributed by atoms with van der Waals surface area (Å²) in [5.41, 5.74) is 1.93. The van der Waals surface area contributed by atoms with Gasteiger partial charge in [0.2, 0.25) is 5.91 Å². The molecule has 6 heteroatoms. The summed E-state index contributed by atoms with van der Waals surface area (Å²) < 4.78 is 13.4. The molecule has 4 rings (SSSR count). The molecule has 2 aliphatic heterocycles. The van der Waals surface area contributed by atoms with Crippen LogP contribution in [-0.4, -0.2) is 52.9 Å². The molecule has 0 spiro atoms. The van der Waals surface area contributed by atoms with Gasteiger partial charge >= 0.3 is 0 Å². The first-order chi connectivity index (χ1) is 14.7. The molecule has 160 valence electrons. The van der Waals surface area contributed by atoms with Crippen molar-refractivity contribution in [2.24, 2.45) is 5.92 Å². The first-order valence-corrected chi connectivity index (χ1v) is 11.1. The first kappa shape index (κ1) is 20.9. The van der Waals surface area contributed by atoms with Crippen LogP contribution in [0.1, 0.15) is 36.9 Å². The Bertz CT molecular complexity index is 823. The molecule has 3 heterocycles. The molecule has 0 unspecified atom stereocenters. The van der Waals surface area contributed by atoms with Crippen LogP contribution in [0.4, 0.5) is 4.39 Å². The number of amides is 1. The fourth-order valence-corrected chi connectivity index (χ4v) is 4.71. The largest absolute Gasteiger partial charge is 0.350 e. The molecule has 30 heavy (non-hydrogen) atoms. The van der Waals surface area contributed by atoms with Gasteiger partial charge in [0.1, 0.15) is 5.82 Å². The second-order valence-corrected chi connectivity index (χ2v) is 8.51. The van der Waals surface area contributed by atoms with Crippen molar-refractivity contribution in [1.82, 2.24) is 20.1 Å². The molecule has 0 bridgehead atoms. The van der Waals surface area contributed by atoms with Gasteiger partial charge in [0.05, 0.1) is 18.2 Å². The van der Waals surface area contributed by atoms with Crippen LogP contribution in [0, 0.1) is 11.7 Å². The van der Waals surface area contributed by atoms with Crippen LogP contribution in [0.25, 0.3) is 0 Å². The highest BCUT2D eigenvalue weighted by atomic mass is 19.1. The molecule has 0 radical (unpaired) electrons. The number of rotatable bonds is 6. The fraction of sp³-hybridized carbons (Fsp3) is 0.500. The number of likely N-dealkylation sites (tertiary alicyclic amines) is 2. The van der Waals surface area contributed by atoms with Crippen molar-refractivity contribution >= 4 is 5.91 Å². The number of pyridine rings is 1. The minimum atomic E-state index is -0.164. The molecule has 1 N–H and O–H groups in total. The topological polar surface area (TPSA) is 48.5 Å². The second kappa shape index (κ2) is 10.1. The number of nitrogens with zero attached hydrogens (tertiary/aromatic N) is 3. The second-order valence-electron chi connectivity index (χ2n) is 8.51. The average Bonchev–Trinajstić information content (AvgIpc) is 2.79. The van der Waals surface area contributed by atoms with E-state index in [-0.39, 0.29) is 17.6 Å². The molecule has 5 nitrogen and oxygen atoms in total. The van der Waals surface area contributed by atoms with E-state index < -0.39 is 0 Å². The van der Waals surface area contributed by atoms with Gasteiger partial charge in [-0.3, -0.25) is 19.6 Å². The smallest absolute Gasteiger partial charge is 0.224 e. The van der Waals surface area contributed by atoms with E-state index >= 15 is 0 Å². The van der Waals surface area contributed by atoms with Gasteiger partial charge in [-0.05, 0) is 75.1 Å². The number of hydrogen-bond donors (Lipinski definition) is 1. The summed E-state index contributed by atoms with van der Waals surface area (Å²) in [6, 6.07) is 13.2. The van der Waals surface area contributed by atoms with Crippen LogP contribution < -0.4 is 5.32 Å². The molecular weight excluding hydrogens is 379 g/mol. The zero-order chi connectivity index (χ0) is 20.8. The van der Waals surface area contributed by atoms with Crippen LogP contribution in [0.15, 0.2) is 48.7 Å². The van der Waals surface area contributed by atoms with E-state index in [9.17, 15) is 9.18 Å². The standard InChI is InChI=1S/C24H31FN4O/c25-21-7-3-5-19(15-21)17-28-13-9-23(10-14-28)29-12-4-6-20(18-29)24(30)27-16-22-8-1-2-11-26-22/h1-3,5,7-8,11,15,20,23H,4,6,9-10,12-14,16-18H2,(H,27,30)/t20-/m0/s1. The Kier molecular flexibility index (Phi) is 7.07. The van der Waals surface area contributed by atoms with E-state index in [1.165, 1.54) is 6.07 Å². The Morgan fingerprint density at radius 2 is 1.97 bits per heavy atom. The van der Waals surface area contributed by atoms with Gasteiger partial charge in [0.25, 0.3) is 0 Å². The highest BCUT2D eigenvalue weighted by Gasteiger charge is 2.31. The predicted molar refractivity (Wildman–Crippen MR) is 115 cm³/mol. The van der Waals surface area contributed by atoms with Gasteiger partial charge in [-0.25, -0.2) is 4.39 Å². The van der Waals surface area contributed by atoms with E-state index in [0.29, 0.717) is 12.6 Å². The zero-order valence-corrected chi connectivity index (χ0v) is 17.5. The Morgan fingerprint density at radius 3 is 2.73 bits per heavy atom.